The number of hydrogen-bond acceptors (Lipinski definition) is 4. The molecule has 0 bridgehead atoms. The van der Waals surface area contributed by atoms with E-state index in [1.807, 2.05) is 24.3 Å². The third-order valence-electron chi connectivity index (χ3n) is 6.43. The molecule has 0 unspecified atom stereocenters. The molecule has 1 saturated heterocycles. The van der Waals surface area contributed by atoms with Crippen molar-refractivity contribution in [2.24, 2.45) is 5.41 Å². The van der Waals surface area contributed by atoms with Gasteiger partial charge in [-0.1, -0.05) is 54.0 Å². The van der Waals surface area contributed by atoms with Crippen molar-refractivity contribution in [3.63, 3.8) is 0 Å². The highest BCUT2D eigenvalue weighted by Crippen LogP contribution is 2.29. The van der Waals surface area contributed by atoms with Gasteiger partial charge in [0, 0.05) is 49.4 Å². The van der Waals surface area contributed by atoms with E-state index in [1.54, 1.807) is 13.8 Å². The van der Waals surface area contributed by atoms with Gasteiger partial charge < -0.3 is 10.4 Å². The number of nitrogens with one attached hydrogen (secondary N) is 1. The van der Waals surface area contributed by atoms with Crippen molar-refractivity contribution < 1.29 is 14.7 Å². The number of anilines is 1. The first-order chi connectivity index (χ1) is 15.4. The zero-order chi connectivity index (χ0) is 23.1. The third-order valence-corrected chi connectivity index (χ3v) is 6.96. The molecule has 1 heterocycles. The summed E-state index contributed by atoms with van der Waals surface area (Å²) in [6.07, 6.45) is 0.518. The molecule has 3 rings (SSSR count). The summed E-state index contributed by atoms with van der Waals surface area (Å²) in [6, 6.07) is 16.2. The van der Waals surface area contributed by atoms with Gasteiger partial charge in [0.1, 0.15) is 5.41 Å². The summed E-state index contributed by atoms with van der Waals surface area (Å²) in [7, 11) is 0. The molecule has 1 amide bonds. The van der Waals surface area contributed by atoms with Gasteiger partial charge in [0.2, 0.25) is 5.91 Å². The Morgan fingerprint density at radius 2 is 1.50 bits per heavy atom. The van der Waals surface area contributed by atoms with Gasteiger partial charge in [0.15, 0.2) is 0 Å². The minimum absolute atomic E-state index is 0.259. The maximum absolute atomic E-state index is 12.7. The van der Waals surface area contributed by atoms with E-state index in [0.29, 0.717) is 5.69 Å². The van der Waals surface area contributed by atoms with E-state index >= 15 is 0 Å². The topological polar surface area (TPSA) is 72.9 Å². The predicted octanol–water partition coefficient (Wildman–Crippen LogP) is 4.60. The van der Waals surface area contributed by atoms with Crippen LogP contribution in [0.1, 0.15) is 37.8 Å². The van der Waals surface area contributed by atoms with Crippen molar-refractivity contribution >= 4 is 33.5 Å². The summed E-state index contributed by atoms with van der Waals surface area (Å²) < 4.78 is 1.10. The first-order valence-electron chi connectivity index (χ1n) is 11.2. The van der Waals surface area contributed by atoms with Crippen LogP contribution in [0.4, 0.5) is 5.69 Å². The molecule has 1 aliphatic heterocycles. The predicted molar refractivity (Wildman–Crippen MR) is 130 cm³/mol. The van der Waals surface area contributed by atoms with Gasteiger partial charge in [-0.2, -0.15) is 0 Å². The van der Waals surface area contributed by atoms with Crippen LogP contribution in [-0.4, -0.2) is 53.0 Å². The molecule has 0 aromatic heterocycles. The quantitative estimate of drug-likeness (QED) is 0.491. The van der Waals surface area contributed by atoms with Crippen LogP contribution in [0.2, 0.25) is 0 Å². The molecule has 172 valence electrons. The Morgan fingerprint density at radius 3 is 2.03 bits per heavy atom. The lowest BCUT2D eigenvalue weighted by Gasteiger charge is -2.34. The third kappa shape index (κ3) is 5.97. The van der Waals surface area contributed by atoms with Crippen molar-refractivity contribution in [2.45, 2.75) is 39.8 Å². The van der Waals surface area contributed by atoms with Crippen LogP contribution in [0, 0.1) is 5.41 Å². The number of carboxylic acids is 1. The minimum Gasteiger partial charge on any atom is -0.480 e. The fourth-order valence-electron chi connectivity index (χ4n) is 4.18. The van der Waals surface area contributed by atoms with Crippen molar-refractivity contribution in [3.05, 3.63) is 64.1 Å². The number of rotatable bonds is 9. The summed E-state index contributed by atoms with van der Waals surface area (Å²) in [5, 5.41) is 12.4. The molecule has 0 saturated carbocycles. The summed E-state index contributed by atoms with van der Waals surface area (Å²) in [6.45, 7) is 9.25. The molecule has 6 nitrogen and oxygen atoms in total. The maximum atomic E-state index is 12.7. The Bertz CT molecular complexity index is 920. The lowest BCUT2D eigenvalue weighted by Crippen LogP contribution is -2.45. The normalized spacial score (nSPS) is 15.5. The van der Waals surface area contributed by atoms with E-state index in [-0.39, 0.29) is 12.8 Å². The largest absolute Gasteiger partial charge is 0.480 e. The molecule has 7 heteroatoms. The van der Waals surface area contributed by atoms with E-state index in [9.17, 15) is 14.7 Å². The number of benzene rings is 2. The number of hydrogen-bond donors (Lipinski definition) is 2. The second kappa shape index (κ2) is 11.1. The van der Waals surface area contributed by atoms with Crippen molar-refractivity contribution in [1.29, 1.82) is 0 Å². The molecule has 32 heavy (non-hydrogen) atoms. The first kappa shape index (κ1) is 24.4. The molecule has 1 aliphatic rings. The monoisotopic (exact) mass is 501 g/mol. The van der Waals surface area contributed by atoms with E-state index in [4.69, 9.17) is 0 Å². The zero-order valence-electron chi connectivity index (χ0n) is 18.8. The summed E-state index contributed by atoms with van der Waals surface area (Å²) in [5.74, 6) is -1.52. The number of halogens is 1. The Kier molecular flexibility index (Phi) is 8.45. The Labute approximate surface area is 198 Å². The van der Waals surface area contributed by atoms with Gasteiger partial charge in [-0.15, -0.1) is 0 Å². The number of aliphatic carboxylic acids is 1. The molecular formula is C25H32BrN3O3. The van der Waals surface area contributed by atoms with Gasteiger partial charge in [0.25, 0.3) is 0 Å². The highest BCUT2D eigenvalue weighted by atomic mass is 79.9. The van der Waals surface area contributed by atoms with Gasteiger partial charge in [0.05, 0.1) is 0 Å². The molecule has 1 fully saturated rings. The van der Waals surface area contributed by atoms with Crippen molar-refractivity contribution in [1.82, 2.24) is 9.80 Å². The number of nitrogens with zero attached hydrogens (tertiary/aromatic N) is 2. The van der Waals surface area contributed by atoms with Crippen LogP contribution in [0.15, 0.2) is 53.0 Å². The summed E-state index contributed by atoms with van der Waals surface area (Å²) in [4.78, 5) is 29.3. The van der Waals surface area contributed by atoms with E-state index in [1.165, 1.54) is 5.56 Å². The fourth-order valence-corrected chi connectivity index (χ4v) is 4.44. The van der Waals surface area contributed by atoms with Crippen LogP contribution in [0.3, 0.4) is 0 Å². The highest BCUT2D eigenvalue weighted by molar-refractivity contribution is 9.10. The van der Waals surface area contributed by atoms with Crippen LogP contribution in [0.25, 0.3) is 0 Å². The van der Waals surface area contributed by atoms with Crippen LogP contribution >= 0.6 is 15.9 Å². The van der Waals surface area contributed by atoms with Crippen molar-refractivity contribution in [3.8, 4) is 0 Å². The SMILES string of the molecule is CCC(CC)(C(=O)O)C(=O)Nc1cccc(CN2CCN(Cc3ccc(Br)cc3)CC2)c1. The Balaban J connectivity index is 1.54. The number of carboxylic acid groups (broad SMARTS) is 1. The van der Waals surface area contributed by atoms with Gasteiger partial charge in [-0.05, 0) is 48.2 Å². The average molecular weight is 502 g/mol. The second-order valence-electron chi connectivity index (χ2n) is 8.43. The lowest BCUT2D eigenvalue weighted by molar-refractivity contribution is -0.154. The second-order valence-corrected chi connectivity index (χ2v) is 9.34. The number of carbonyl (C=O) groups excluding carboxylic acids is 1. The van der Waals surface area contributed by atoms with Gasteiger partial charge in [-0.3, -0.25) is 19.4 Å². The summed E-state index contributed by atoms with van der Waals surface area (Å²) >= 11 is 3.48. The molecule has 2 aromatic carbocycles. The molecular weight excluding hydrogens is 470 g/mol. The molecule has 0 radical (unpaired) electrons. The molecule has 2 N–H and O–H groups in total. The molecule has 0 spiro atoms. The molecule has 0 aliphatic carbocycles. The van der Waals surface area contributed by atoms with E-state index in [2.05, 4.69) is 55.3 Å². The highest BCUT2D eigenvalue weighted by Gasteiger charge is 2.42. The van der Waals surface area contributed by atoms with Gasteiger partial charge in [-0.25, -0.2) is 0 Å². The van der Waals surface area contributed by atoms with Crippen LogP contribution in [0.5, 0.6) is 0 Å². The minimum atomic E-state index is -1.39. The first-order valence-corrected chi connectivity index (χ1v) is 12.0. The number of piperazine rings is 1. The lowest BCUT2D eigenvalue weighted by atomic mass is 9.81. The smallest absolute Gasteiger partial charge is 0.319 e. The van der Waals surface area contributed by atoms with Crippen LogP contribution < -0.4 is 5.32 Å². The Hall–Kier alpha value is -2.22. The number of amides is 1. The average Bonchev–Trinajstić information content (AvgIpc) is 2.78. The number of carbonyl (C=O) groups is 2. The maximum Gasteiger partial charge on any atom is 0.319 e. The fraction of sp³-hybridized carbons (Fsp3) is 0.440. The molecule has 0 atom stereocenters. The summed E-state index contributed by atoms with van der Waals surface area (Å²) in [5.41, 5.74) is 1.69. The zero-order valence-corrected chi connectivity index (χ0v) is 20.4. The van der Waals surface area contributed by atoms with E-state index < -0.39 is 17.3 Å². The van der Waals surface area contributed by atoms with E-state index in [0.717, 1.165) is 49.3 Å². The van der Waals surface area contributed by atoms with Gasteiger partial charge >= 0.3 is 5.97 Å². The Morgan fingerprint density at radius 1 is 0.938 bits per heavy atom. The van der Waals surface area contributed by atoms with Crippen LogP contribution in [-0.2, 0) is 22.7 Å². The van der Waals surface area contributed by atoms with Crippen molar-refractivity contribution in [2.75, 3.05) is 31.5 Å². The standard InChI is InChI=1S/C25H32BrN3O3/c1-3-25(4-2,24(31)32)23(30)27-22-7-5-6-20(16-22)18-29-14-12-28(13-15-29)17-19-8-10-21(26)11-9-19/h5-11,16H,3-4,12-15,17-18H2,1-2H3,(H,27,30)(H,31,32). The molecule has 2 aromatic rings.